The van der Waals surface area contributed by atoms with Gasteiger partial charge in [-0.3, -0.25) is 9.69 Å². The summed E-state index contributed by atoms with van der Waals surface area (Å²) in [5.41, 5.74) is 0.704. The van der Waals surface area contributed by atoms with Crippen molar-refractivity contribution in [2.75, 3.05) is 19.7 Å². The van der Waals surface area contributed by atoms with Crippen LogP contribution in [0, 0.1) is 5.92 Å². The highest BCUT2D eigenvalue weighted by Gasteiger charge is 2.27. The van der Waals surface area contributed by atoms with Gasteiger partial charge < -0.3 is 4.74 Å². The van der Waals surface area contributed by atoms with Gasteiger partial charge in [-0.05, 0) is 51.7 Å². The molecule has 3 heteroatoms. The number of ketones is 1. The number of benzene rings is 1. The molecular weight excluding hydrogens is 250 g/mol. The van der Waals surface area contributed by atoms with Gasteiger partial charge in [-0.15, -0.1) is 0 Å². The number of hydrogen-bond acceptors (Lipinski definition) is 3. The third kappa shape index (κ3) is 4.07. The van der Waals surface area contributed by atoms with Crippen LogP contribution in [0.4, 0.5) is 0 Å². The summed E-state index contributed by atoms with van der Waals surface area (Å²) in [7, 11) is 0. The van der Waals surface area contributed by atoms with Crippen molar-refractivity contribution in [3.05, 3.63) is 29.8 Å². The predicted octanol–water partition coefficient (Wildman–Crippen LogP) is 3.39. The van der Waals surface area contributed by atoms with Crippen LogP contribution in [-0.4, -0.2) is 36.4 Å². The molecule has 1 fully saturated rings. The highest BCUT2D eigenvalue weighted by atomic mass is 16.5. The summed E-state index contributed by atoms with van der Waals surface area (Å²) in [4.78, 5) is 14.8. The van der Waals surface area contributed by atoms with Crippen molar-refractivity contribution < 1.29 is 9.53 Å². The van der Waals surface area contributed by atoms with Crippen molar-refractivity contribution in [3.8, 4) is 5.75 Å². The predicted molar refractivity (Wildman–Crippen MR) is 81.4 cm³/mol. The molecule has 0 saturated heterocycles. The van der Waals surface area contributed by atoms with Crippen molar-refractivity contribution >= 4 is 5.78 Å². The van der Waals surface area contributed by atoms with Crippen LogP contribution in [0.2, 0.25) is 0 Å². The summed E-state index contributed by atoms with van der Waals surface area (Å²) in [6.07, 6.45) is 2.62. The van der Waals surface area contributed by atoms with Gasteiger partial charge in [0.1, 0.15) is 5.75 Å². The molecule has 0 bridgehead atoms. The molecule has 1 saturated carbocycles. The van der Waals surface area contributed by atoms with Gasteiger partial charge in [0.05, 0.1) is 18.7 Å². The summed E-state index contributed by atoms with van der Waals surface area (Å²) in [5.74, 6) is 1.66. The van der Waals surface area contributed by atoms with Crippen LogP contribution >= 0.6 is 0 Å². The number of rotatable bonds is 8. The second-order valence-electron chi connectivity index (χ2n) is 5.82. The smallest absolute Gasteiger partial charge is 0.180 e. The van der Waals surface area contributed by atoms with Gasteiger partial charge >= 0.3 is 0 Å². The Bertz CT molecular complexity index is 452. The van der Waals surface area contributed by atoms with Gasteiger partial charge in [-0.1, -0.05) is 12.1 Å². The van der Waals surface area contributed by atoms with E-state index in [1.165, 1.54) is 12.8 Å². The number of ether oxygens (including phenoxy) is 1. The monoisotopic (exact) mass is 275 g/mol. The average molecular weight is 275 g/mol. The topological polar surface area (TPSA) is 29.5 Å². The molecule has 1 aliphatic carbocycles. The SMILES string of the molecule is CCOc1ccccc1C(=O)CN(CC1CC1)C(C)C. The number of carbonyl (C=O) groups excluding carboxylic acids is 1. The van der Waals surface area contributed by atoms with E-state index in [1.54, 1.807) is 0 Å². The standard InChI is InChI=1S/C17H25NO2/c1-4-20-17-8-6-5-7-15(17)16(19)12-18(13(2)3)11-14-9-10-14/h5-8,13-14H,4,9-12H2,1-3H3. The normalized spacial score (nSPS) is 14.8. The Morgan fingerprint density at radius 2 is 2.05 bits per heavy atom. The fraction of sp³-hybridized carbons (Fsp3) is 0.588. The fourth-order valence-electron chi connectivity index (χ4n) is 2.34. The van der Waals surface area contributed by atoms with Gasteiger partial charge in [0.15, 0.2) is 5.78 Å². The van der Waals surface area contributed by atoms with Crippen molar-refractivity contribution in [2.45, 2.75) is 39.7 Å². The number of carbonyl (C=O) groups is 1. The van der Waals surface area contributed by atoms with Crippen LogP contribution in [0.25, 0.3) is 0 Å². The second-order valence-corrected chi connectivity index (χ2v) is 5.82. The number of hydrogen-bond donors (Lipinski definition) is 0. The van der Waals surface area contributed by atoms with E-state index in [9.17, 15) is 4.79 Å². The van der Waals surface area contributed by atoms with E-state index < -0.39 is 0 Å². The molecule has 0 aliphatic heterocycles. The Labute approximate surface area is 121 Å². The molecule has 2 rings (SSSR count). The number of Topliss-reactive ketones (excluding diaryl/α,β-unsaturated/α-hetero) is 1. The maximum Gasteiger partial charge on any atom is 0.180 e. The maximum atomic E-state index is 12.5. The van der Waals surface area contributed by atoms with Gasteiger partial charge in [-0.25, -0.2) is 0 Å². The average Bonchev–Trinajstić information content (AvgIpc) is 3.22. The van der Waals surface area contributed by atoms with E-state index >= 15 is 0 Å². The summed E-state index contributed by atoms with van der Waals surface area (Å²) >= 11 is 0. The Hall–Kier alpha value is -1.35. The molecule has 0 unspecified atom stereocenters. The zero-order valence-corrected chi connectivity index (χ0v) is 12.8. The number of nitrogens with zero attached hydrogens (tertiary/aromatic N) is 1. The molecule has 1 aliphatic rings. The molecule has 110 valence electrons. The van der Waals surface area contributed by atoms with Crippen molar-refractivity contribution in [3.63, 3.8) is 0 Å². The Balaban J connectivity index is 2.05. The van der Waals surface area contributed by atoms with E-state index in [0.717, 1.165) is 12.5 Å². The number of para-hydroxylation sites is 1. The van der Waals surface area contributed by atoms with E-state index in [1.807, 2.05) is 31.2 Å². The third-order valence-corrected chi connectivity index (χ3v) is 3.75. The quantitative estimate of drug-likeness (QED) is 0.681. The summed E-state index contributed by atoms with van der Waals surface area (Å²) in [6, 6.07) is 7.95. The first-order valence-corrected chi connectivity index (χ1v) is 7.61. The molecule has 1 aromatic rings. The van der Waals surface area contributed by atoms with E-state index in [2.05, 4.69) is 18.7 Å². The summed E-state index contributed by atoms with van der Waals surface area (Å²) < 4.78 is 5.55. The maximum absolute atomic E-state index is 12.5. The molecule has 0 heterocycles. The third-order valence-electron chi connectivity index (χ3n) is 3.75. The molecule has 3 nitrogen and oxygen atoms in total. The molecule has 0 radical (unpaired) electrons. The fourth-order valence-corrected chi connectivity index (χ4v) is 2.34. The van der Waals surface area contributed by atoms with Gasteiger partial charge in [0.2, 0.25) is 0 Å². The first-order valence-electron chi connectivity index (χ1n) is 7.61. The second kappa shape index (κ2) is 6.89. The summed E-state index contributed by atoms with van der Waals surface area (Å²) in [6.45, 7) is 8.36. The van der Waals surface area contributed by atoms with Crippen LogP contribution in [0.1, 0.15) is 44.0 Å². The highest BCUT2D eigenvalue weighted by molar-refractivity contribution is 6.00. The molecule has 0 spiro atoms. The van der Waals surface area contributed by atoms with Gasteiger partial charge in [-0.2, -0.15) is 0 Å². The minimum absolute atomic E-state index is 0.156. The zero-order chi connectivity index (χ0) is 14.5. The highest BCUT2D eigenvalue weighted by Crippen LogP contribution is 2.30. The van der Waals surface area contributed by atoms with E-state index in [0.29, 0.717) is 30.5 Å². The zero-order valence-electron chi connectivity index (χ0n) is 12.8. The minimum atomic E-state index is 0.156. The molecular formula is C17H25NO2. The molecule has 0 atom stereocenters. The minimum Gasteiger partial charge on any atom is -0.493 e. The largest absolute Gasteiger partial charge is 0.493 e. The lowest BCUT2D eigenvalue weighted by Gasteiger charge is -2.26. The first-order chi connectivity index (χ1) is 9.61. The Morgan fingerprint density at radius 3 is 2.65 bits per heavy atom. The summed E-state index contributed by atoms with van der Waals surface area (Å²) in [5, 5.41) is 0. The van der Waals surface area contributed by atoms with E-state index in [-0.39, 0.29) is 5.78 Å². The van der Waals surface area contributed by atoms with Crippen LogP contribution in [0.3, 0.4) is 0 Å². The lowest BCUT2D eigenvalue weighted by Crippen LogP contribution is -2.37. The molecule has 20 heavy (non-hydrogen) atoms. The lowest BCUT2D eigenvalue weighted by molar-refractivity contribution is 0.0897. The Morgan fingerprint density at radius 1 is 1.35 bits per heavy atom. The molecule has 0 aromatic heterocycles. The molecule has 1 aromatic carbocycles. The van der Waals surface area contributed by atoms with Crippen molar-refractivity contribution in [1.29, 1.82) is 0 Å². The van der Waals surface area contributed by atoms with Crippen LogP contribution in [0.15, 0.2) is 24.3 Å². The van der Waals surface area contributed by atoms with Crippen LogP contribution < -0.4 is 4.74 Å². The van der Waals surface area contributed by atoms with Crippen LogP contribution in [0.5, 0.6) is 5.75 Å². The Kier molecular flexibility index (Phi) is 5.18. The first kappa shape index (κ1) is 15.0. The van der Waals surface area contributed by atoms with E-state index in [4.69, 9.17) is 4.74 Å². The van der Waals surface area contributed by atoms with Crippen LogP contribution in [-0.2, 0) is 0 Å². The lowest BCUT2D eigenvalue weighted by atomic mass is 10.1. The molecule has 0 amide bonds. The molecule has 0 N–H and O–H groups in total. The van der Waals surface area contributed by atoms with Gasteiger partial charge in [0, 0.05) is 12.6 Å². The van der Waals surface area contributed by atoms with Crippen molar-refractivity contribution in [1.82, 2.24) is 4.90 Å². The van der Waals surface area contributed by atoms with Crippen molar-refractivity contribution in [2.24, 2.45) is 5.92 Å². The van der Waals surface area contributed by atoms with Gasteiger partial charge in [0.25, 0.3) is 0 Å².